The Hall–Kier alpha value is -2.93. The number of aryl methyl sites for hydroxylation is 2. The molecule has 6 nitrogen and oxygen atoms in total. The standard InChI is InChI=1S/C21H22N2O4S/c1-15-8-10-18(11-9-15)21-23-19(16(2)27-21)13-28(25,26)14-20(24)22-12-17-6-4-3-5-7-17/h3-11H,12-14H2,1-2H3,(H,22,24). The molecular weight excluding hydrogens is 376 g/mol. The van der Waals surface area contributed by atoms with Crippen LogP contribution in [-0.4, -0.2) is 25.1 Å². The summed E-state index contributed by atoms with van der Waals surface area (Å²) in [7, 11) is -3.67. The van der Waals surface area contributed by atoms with E-state index in [1.807, 2.05) is 61.5 Å². The minimum Gasteiger partial charge on any atom is -0.441 e. The van der Waals surface area contributed by atoms with Crippen LogP contribution in [0.25, 0.3) is 11.5 Å². The Morgan fingerprint density at radius 1 is 1.04 bits per heavy atom. The summed E-state index contributed by atoms with van der Waals surface area (Å²) in [6, 6.07) is 16.9. The second kappa shape index (κ2) is 8.39. The SMILES string of the molecule is Cc1ccc(-c2nc(CS(=O)(=O)CC(=O)NCc3ccccc3)c(C)o2)cc1. The van der Waals surface area contributed by atoms with Crippen LogP contribution >= 0.6 is 0 Å². The van der Waals surface area contributed by atoms with Gasteiger partial charge in [0.2, 0.25) is 11.8 Å². The van der Waals surface area contributed by atoms with Gasteiger partial charge in [-0.3, -0.25) is 4.79 Å². The van der Waals surface area contributed by atoms with Crippen LogP contribution in [-0.2, 0) is 26.9 Å². The molecule has 0 saturated carbocycles. The lowest BCUT2D eigenvalue weighted by atomic mass is 10.1. The number of oxazole rings is 1. The zero-order valence-electron chi connectivity index (χ0n) is 15.8. The number of hydrogen-bond donors (Lipinski definition) is 1. The maximum atomic E-state index is 12.4. The van der Waals surface area contributed by atoms with Gasteiger partial charge < -0.3 is 9.73 Å². The fraction of sp³-hybridized carbons (Fsp3) is 0.238. The molecule has 3 rings (SSSR count). The van der Waals surface area contributed by atoms with Gasteiger partial charge in [0.15, 0.2) is 9.84 Å². The summed E-state index contributed by atoms with van der Waals surface area (Å²) in [5, 5.41) is 2.63. The van der Waals surface area contributed by atoms with Gasteiger partial charge in [-0.2, -0.15) is 0 Å². The molecule has 0 spiro atoms. The molecule has 0 radical (unpaired) electrons. The average molecular weight is 398 g/mol. The molecule has 0 atom stereocenters. The van der Waals surface area contributed by atoms with Crippen LogP contribution in [0.1, 0.15) is 22.6 Å². The number of sulfone groups is 1. The maximum absolute atomic E-state index is 12.4. The first-order valence-corrected chi connectivity index (χ1v) is 10.7. The van der Waals surface area contributed by atoms with E-state index in [-0.39, 0.29) is 12.3 Å². The van der Waals surface area contributed by atoms with E-state index in [0.717, 1.165) is 16.7 Å². The highest BCUT2D eigenvalue weighted by Crippen LogP contribution is 2.23. The van der Waals surface area contributed by atoms with Crippen molar-refractivity contribution in [2.45, 2.75) is 26.1 Å². The number of amides is 1. The third kappa shape index (κ3) is 5.29. The van der Waals surface area contributed by atoms with Gasteiger partial charge >= 0.3 is 0 Å². The zero-order valence-corrected chi connectivity index (χ0v) is 16.6. The summed E-state index contributed by atoms with van der Waals surface area (Å²) in [5.74, 6) is -0.664. The Morgan fingerprint density at radius 3 is 2.39 bits per heavy atom. The van der Waals surface area contributed by atoms with E-state index in [4.69, 9.17) is 4.42 Å². The number of hydrogen-bond acceptors (Lipinski definition) is 5. The molecule has 2 aromatic carbocycles. The zero-order chi connectivity index (χ0) is 20.1. The third-order valence-electron chi connectivity index (χ3n) is 4.23. The van der Waals surface area contributed by atoms with Crippen LogP contribution in [0.15, 0.2) is 59.0 Å². The Balaban J connectivity index is 1.63. The molecule has 1 heterocycles. The molecule has 1 N–H and O–H groups in total. The first-order valence-electron chi connectivity index (χ1n) is 8.87. The van der Waals surface area contributed by atoms with Gasteiger partial charge in [-0.25, -0.2) is 13.4 Å². The summed E-state index contributed by atoms with van der Waals surface area (Å²) in [6.45, 7) is 3.94. The van der Waals surface area contributed by atoms with E-state index in [9.17, 15) is 13.2 Å². The number of carbonyl (C=O) groups excluding carboxylic acids is 1. The predicted octanol–water partition coefficient (Wildman–Crippen LogP) is 3.19. The Morgan fingerprint density at radius 2 is 1.71 bits per heavy atom. The molecule has 146 valence electrons. The van der Waals surface area contributed by atoms with Gasteiger partial charge in [0.05, 0.1) is 11.4 Å². The van der Waals surface area contributed by atoms with E-state index < -0.39 is 21.5 Å². The lowest BCUT2D eigenvalue weighted by molar-refractivity contribution is -0.118. The quantitative estimate of drug-likeness (QED) is 0.660. The normalized spacial score (nSPS) is 11.4. The van der Waals surface area contributed by atoms with Crippen molar-refractivity contribution in [1.29, 1.82) is 0 Å². The van der Waals surface area contributed by atoms with Crippen LogP contribution in [0.4, 0.5) is 0 Å². The highest BCUT2D eigenvalue weighted by Gasteiger charge is 2.22. The summed E-state index contributed by atoms with van der Waals surface area (Å²) < 4.78 is 30.5. The fourth-order valence-corrected chi connectivity index (χ4v) is 3.98. The number of nitrogens with one attached hydrogen (secondary N) is 1. The number of aromatic nitrogens is 1. The van der Waals surface area contributed by atoms with Crippen molar-refractivity contribution in [3.05, 3.63) is 77.2 Å². The molecule has 0 aliphatic heterocycles. The molecule has 0 saturated heterocycles. The number of benzene rings is 2. The van der Waals surface area contributed by atoms with Gasteiger partial charge in [0.1, 0.15) is 11.5 Å². The van der Waals surface area contributed by atoms with Gasteiger partial charge in [-0.05, 0) is 31.5 Å². The van der Waals surface area contributed by atoms with Crippen molar-refractivity contribution in [2.24, 2.45) is 0 Å². The minimum absolute atomic E-state index is 0.287. The van der Waals surface area contributed by atoms with Crippen molar-refractivity contribution >= 4 is 15.7 Å². The predicted molar refractivity (Wildman–Crippen MR) is 107 cm³/mol. The largest absolute Gasteiger partial charge is 0.441 e. The van der Waals surface area contributed by atoms with E-state index in [0.29, 0.717) is 17.3 Å². The first-order chi connectivity index (χ1) is 13.3. The average Bonchev–Trinajstić information content (AvgIpc) is 3.01. The molecule has 0 fully saturated rings. The maximum Gasteiger partial charge on any atom is 0.235 e. The Labute approximate surface area is 164 Å². The summed E-state index contributed by atoms with van der Waals surface area (Å²) in [6.07, 6.45) is 0. The second-order valence-corrected chi connectivity index (χ2v) is 8.75. The van der Waals surface area contributed by atoms with Gasteiger partial charge in [0.25, 0.3) is 0 Å². The van der Waals surface area contributed by atoms with E-state index in [1.165, 1.54) is 0 Å². The van der Waals surface area contributed by atoms with Gasteiger partial charge in [0, 0.05) is 12.1 Å². The number of rotatable bonds is 7. The molecule has 7 heteroatoms. The van der Waals surface area contributed by atoms with Crippen LogP contribution < -0.4 is 5.32 Å². The van der Waals surface area contributed by atoms with E-state index in [1.54, 1.807) is 6.92 Å². The molecule has 28 heavy (non-hydrogen) atoms. The first kappa shape index (κ1) is 19.8. The van der Waals surface area contributed by atoms with Crippen molar-refractivity contribution in [2.75, 3.05) is 5.75 Å². The third-order valence-corrected chi connectivity index (χ3v) is 5.65. The minimum atomic E-state index is -3.67. The summed E-state index contributed by atoms with van der Waals surface area (Å²) in [4.78, 5) is 16.3. The highest BCUT2D eigenvalue weighted by atomic mass is 32.2. The molecule has 0 aliphatic carbocycles. The Kier molecular flexibility index (Phi) is 5.94. The Bertz CT molecular complexity index is 1060. The van der Waals surface area contributed by atoms with Crippen LogP contribution in [0, 0.1) is 13.8 Å². The van der Waals surface area contributed by atoms with Gasteiger partial charge in [-0.15, -0.1) is 0 Å². The van der Waals surface area contributed by atoms with E-state index >= 15 is 0 Å². The highest BCUT2D eigenvalue weighted by molar-refractivity contribution is 7.91. The van der Waals surface area contributed by atoms with Crippen LogP contribution in [0.2, 0.25) is 0 Å². The van der Waals surface area contributed by atoms with Crippen LogP contribution in [0.5, 0.6) is 0 Å². The number of nitrogens with zero attached hydrogens (tertiary/aromatic N) is 1. The second-order valence-electron chi connectivity index (χ2n) is 6.68. The fourth-order valence-electron chi connectivity index (χ4n) is 2.69. The van der Waals surface area contributed by atoms with E-state index in [2.05, 4.69) is 10.3 Å². The molecule has 1 amide bonds. The lowest BCUT2D eigenvalue weighted by Crippen LogP contribution is -2.30. The van der Waals surface area contributed by atoms with Crippen molar-refractivity contribution < 1.29 is 17.6 Å². The van der Waals surface area contributed by atoms with Crippen molar-refractivity contribution in [3.8, 4) is 11.5 Å². The molecule has 0 bridgehead atoms. The van der Waals surface area contributed by atoms with Crippen molar-refractivity contribution in [1.82, 2.24) is 10.3 Å². The molecule has 1 aromatic heterocycles. The van der Waals surface area contributed by atoms with Crippen molar-refractivity contribution in [3.63, 3.8) is 0 Å². The lowest BCUT2D eigenvalue weighted by Gasteiger charge is -2.06. The number of carbonyl (C=O) groups is 1. The molecule has 0 unspecified atom stereocenters. The summed E-state index contributed by atoms with van der Waals surface area (Å²) in [5.41, 5.74) is 3.11. The molecule has 0 aliphatic rings. The monoisotopic (exact) mass is 398 g/mol. The van der Waals surface area contributed by atoms with Crippen LogP contribution in [0.3, 0.4) is 0 Å². The molecular formula is C21H22N2O4S. The molecule has 3 aromatic rings. The topological polar surface area (TPSA) is 89.3 Å². The summed E-state index contributed by atoms with van der Waals surface area (Å²) >= 11 is 0. The van der Waals surface area contributed by atoms with Gasteiger partial charge in [-0.1, -0.05) is 48.0 Å². The smallest absolute Gasteiger partial charge is 0.235 e.